The first-order valence-corrected chi connectivity index (χ1v) is 6.39. The molecular formula is C15H28. The summed E-state index contributed by atoms with van der Waals surface area (Å²) in [6, 6.07) is 0. The van der Waals surface area contributed by atoms with Crippen LogP contribution >= 0.6 is 0 Å². The third-order valence-electron chi connectivity index (χ3n) is 3.33. The minimum atomic E-state index is 0.707. The van der Waals surface area contributed by atoms with Crippen molar-refractivity contribution in [1.82, 2.24) is 0 Å². The second-order valence-corrected chi connectivity index (χ2v) is 4.74. The van der Waals surface area contributed by atoms with Gasteiger partial charge in [0.25, 0.3) is 0 Å². The highest BCUT2D eigenvalue weighted by molar-refractivity contribution is 5.04. The van der Waals surface area contributed by atoms with E-state index in [1.54, 1.807) is 5.57 Å². The van der Waals surface area contributed by atoms with Crippen LogP contribution in [0.2, 0.25) is 0 Å². The van der Waals surface area contributed by atoms with Gasteiger partial charge >= 0.3 is 0 Å². The number of allylic oxidation sites excluding steroid dienone is 4. The lowest BCUT2D eigenvalue weighted by molar-refractivity contribution is 0.519. The van der Waals surface area contributed by atoms with Gasteiger partial charge in [0, 0.05) is 0 Å². The van der Waals surface area contributed by atoms with E-state index in [0.717, 1.165) is 5.92 Å². The van der Waals surface area contributed by atoms with Crippen molar-refractivity contribution in [2.75, 3.05) is 0 Å². The van der Waals surface area contributed by atoms with E-state index >= 15 is 0 Å². The molecule has 0 spiro atoms. The van der Waals surface area contributed by atoms with Crippen molar-refractivity contribution in [3.05, 3.63) is 23.8 Å². The van der Waals surface area contributed by atoms with Crippen LogP contribution in [0.3, 0.4) is 0 Å². The van der Waals surface area contributed by atoms with Gasteiger partial charge in [0.1, 0.15) is 0 Å². The Hall–Kier alpha value is -0.520. The van der Waals surface area contributed by atoms with Gasteiger partial charge in [-0.05, 0) is 44.9 Å². The summed E-state index contributed by atoms with van der Waals surface area (Å²) in [5, 5.41) is 0. The van der Waals surface area contributed by atoms with E-state index in [9.17, 15) is 0 Å². The monoisotopic (exact) mass is 208 g/mol. The zero-order chi connectivity index (χ0) is 11.7. The minimum Gasteiger partial charge on any atom is -0.0916 e. The summed E-state index contributed by atoms with van der Waals surface area (Å²) in [6.07, 6.45) is 11.9. The van der Waals surface area contributed by atoms with Crippen molar-refractivity contribution in [1.29, 1.82) is 0 Å². The molecule has 0 heteroatoms. The molecular weight excluding hydrogens is 180 g/mol. The normalized spacial score (nSPS) is 17.0. The van der Waals surface area contributed by atoms with Crippen LogP contribution in [0.15, 0.2) is 23.8 Å². The summed E-state index contributed by atoms with van der Waals surface area (Å²) in [5.41, 5.74) is 1.55. The largest absolute Gasteiger partial charge is 0.0916 e. The Morgan fingerprint density at radius 3 is 2.47 bits per heavy atom. The molecule has 0 nitrogen and oxygen atoms in total. The first-order chi connectivity index (χ1) is 7.11. The molecule has 0 aromatic heterocycles. The molecule has 0 radical (unpaired) electrons. The third-order valence-corrected chi connectivity index (χ3v) is 3.33. The molecule has 0 aromatic carbocycles. The Morgan fingerprint density at radius 1 is 1.27 bits per heavy atom. The molecule has 0 heterocycles. The van der Waals surface area contributed by atoms with Crippen molar-refractivity contribution in [2.24, 2.45) is 11.8 Å². The van der Waals surface area contributed by atoms with Gasteiger partial charge in [0.15, 0.2) is 0 Å². The molecule has 15 heavy (non-hydrogen) atoms. The lowest BCUT2D eigenvalue weighted by Crippen LogP contribution is -1.95. The van der Waals surface area contributed by atoms with E-state index in [4.69, 9.17) is 0 Å². The van der Waals surface area contributed by atoms with Crippen LogP contribution in [0.1, 0.15) is 60.3 Å². The van der Waals surface area contributed by atoms with E-state index in [2.05, 4.69) is 52.8 Å². The lowest BCUT2D eigenvalue weighted by Gasteiger charge is -2.10. The molecule has 0 aromatic rings. The molecule has 0 amide bonds. The van der Waals surface area contributed by atoms with Gasteiger partial charge in [-0.15, -0.1) is 0 Å². The molecule has 0 N–H and O–H groups in total. The van der Waals surface area contributed by atoms with Crippen LogP contribution < -0.4 is 0 Å². The predicted octanol–water partition coefficient (Wildman–Crippen LogP) is 5.36. The fraction of sp³-hybridized carbons (Fsp3) is 0.733. The Bertz CT molecular complexity index is 198. The number of rotatable bonds is 7. The Balaban J connectivity index is 3.86. The maximum absolute atomic E-state index is 2.43. The molecule has 0 rings (SSSR count). The highest BCUT2D eigenvalue weighted by atomic mass is 14.1. The van der Waals surface area contributed by atoms with E-state index < -0.39 is 0 Å². The van der Waals surface area contributed by atoms with Gasteiger partial charge in [-0.3, -0.25) is 0 Å². The maximum Gasteiger partial charge on any atom is -0.0200 e. The van der Waals surface area contributed by atoms with Gasteiger partial charge in [-0.25, -0.2) is 0 Å². The summed E-state index contributed by atoms with van der Waals surface area (Å²) in [5.74, 6) is 1.58. The second-order valence-electron chi connectivity index (χ2n) is 4.74. The summed E-state index contributed by atoms with van der Waals surface area (Å²) in [4.78, 5) is 0. The average molecular weight is 208 g/mol. The molecule has 0 fully saturated rings. The molecule has 0 saturated carbocycles. The lowest BCUT2D eigenvalue weighted by atomic mass is 9.96. The molecule has 88 valence electrons. The SMILES string of the molecule is CC=CCC(C)C(C)=CCCC(C)CC. The molecule has 0 aliphatic rings. The number of hydrogen-bond acceptors (Lipinski definition) is 0. The van der Waals surface area contributed by atoms with E-state index in [1.165, 1.54) is 25.7 Å². The van der Waals surface area contributed by atoms with Crippen LogP contribution in [0.25, 0.3) is 0 Å². The standard InChI is InChI=1S/C15H28/c1-6-8-11-14(4)15(5)12-9-10-13(3)7-2/h6,8,12-14H,7,9-11H2,1-5H3. The minimum absolute atomic E-state index is 0.707. The molecule has 0 aliphatic carbocycles. The Morgan fingerprint density at radius 2 is 1.93 bits per heavy atom. The molecule has 0 saturated heterocycles. The van der Waals surface area contributed by atoms with Crippen molar-refractivity contribution in [3.8, 4) is 0 Å². The number of hydrogen-bond donors (Lipinski definition) is 0. The van der Waals surface area contributed by atoms with Crippen LogP contribution in [0, 0.1) is 11.8 Å². The van der Waals surface area contributed by atoms with Gasteiger partial charge in [-0.1, -0.05) is 51.0 Å². The van der Waals surface area contributed by atoms with Crippen LogP contribution in [-0.2, 0) is 0 Å². The first-order valence-electron chi connectivity index (χ1n) is 6.39. The quantitative estimate of drug-likeness (QED) is 0.494. The van der Waals surface area contributed by atoms with Crippen LogP contribution in [-0.4, -0.2) is 0 Å². The zero-order valence-corrected chi connectivity index (χ0v) is 11.2. The summed E-state index contributed by atoms with van der Waals surface area (Å²) >= 11 is 0. The highest BCUT2D eigenvalue weighted by Crippen LogP contribution is 2.17. The fourth-order valence-corrected chi connectivity index (χ4v) is 1.53. The van der Waals surface area contributed by atoms with Crippen molar-refractivity contribution in [2.45, 2.75) is 60.3 Å². The van der Waals surface area contributed by atoms with Crippen molar-refractivity contribution >= 4 is 0 Å². The van der Waals surface area contributed by atoms with E-state index in [1.807, 2.05) is 0 Å². The highest BCUT2D eigenvalue weighted by Gasteiger charge is 2.02. The topological polar surface area (TPSA) is 0 Å². The van der Waals surface area contributed by atoms with Crippen LogP contribution in [0.5, 0.6) is 0 Å². The summed E-state index contributed by atoms with van der Waals surface area (Å²) in [7, 11) is 0. The smallest absolute Gasteiger partial charge is 0.0200 e. The molecule has 2 atom stereocenters. The van der Waals surface area contributed by atoms with Crippen molar-refractivity contribution in [3.63, 3.8) is 0 Å². The van der Waals surface area contributed by atoms with Gasteiger partial charge in [0.2, 0.25) is 0 Å². The second kappa shape index (κ2) is 8.76. The van der Waals surface area contributed by atoms with Crippen LogP contribution in [0.4, 0.5) is 0 Å². The third kappa shape index (κ3) is 7.41. The maximum atomic E-state index is 2.43. The Labute approximate surface area is 96.5 Å². The molecule has 0 bridgehead atoms. The first kappa shape index (κ1) is 14.5. The average Bonchev–Trinajstić information content (AvgIpc) is 2.25. The van der Waals surface area contributed by atoms with E-state index in [-0.39, 0.29) is 0 Å². The Kier molecular flexibility index (Phi) is 8.46. The molecule has 2 unspecified atom stereocenters. The van der Waals surface area contributed by atoms with Gasteiger partial charge in [0.05, 0.1) is 0 Å². The summed E-state index contributed by atoms with van der Waals surface area (Å²) < 4.78 is 0. The fourth-order valence-electron chi connectivity index (χ4n) is 1.53. The predicted molar refractivity (Wildman–Crippen MR) is 71.0 cm³/mol. The molecule has 0 aliphatic heterocycles. The van der Waals surface area contributed by atoms with E-state index in [0.29, 0.717) is 5.92 Å². The van der Waals surface area contributed by atoms with Gasteiger partial charge in [-0.2, -0.15) is 0 Å². The summed E-state index contributed by atoms with van der Waals surface area (Å²) in [6.45, 7) is 11.3. The zero-order valence-electron chi connectivity index (χ0n) is 11.2. The van der Waals surface area contributed by atoms with Gasteiger partial charge < -0.3 is 0 Å². The van der Waals surface area contributed by atoms with Crippen molar-refractivity contribution < 1.29 is 0 Å².